The molecule has 3 heteroatoms. The maximum absolute atomic E-state index is 6.81. The smallest absolute Gasteiger partial charge is 0.135 e. The summed E-state index contributed by atoms with van der Waals surface area (Å²) in [5.41, 5.74) is 2.28. The summed E-state index contributed by atoms with van der Waals surface area (Å²) in [6, 6.07) is 28.3. The van der Waals surface area contributed by atoms with E-state index in [-0.39, 0.29) is 0 Å². The normalized spacial score (nSPS) is 11.4. The summed E-state index contributed by atoms with van der Waals surface area (Å²) in [5, 5.41) is 6.87. The molecule has 0 aromatic heterocycles. The molecule has 5 rings (SSSR count). The zero-order valence-electron chi connectivity index (χ0n) is 27.8. The van der Waals surface area contributed by atoms with Crippen LogP contribution in [0.2, 0.25) is 0 Å². The fourth-order valence-electron chi connectivity index (χ4n) is 6.43. The number of hydrogen-bond donors (Lipinski definition) is 0. The summed E-state index contributed by atoms with van der Waals surface area (Å²) in [6.45, 7) is 8.89. The standard InChI is InChI=1S/C42H52O3/c1-4-7-10-19-28-43-39-31-38(42(45-30-21-12-9-6-3)35-25-16-13-22-32(35)39)40-33-23-14-17-26-36(33)41(44-29-20-11-8-5-2)37-27-18-15-24-34(37)40/h13-18,22-27,31H,4-12,19-21,28-30H2,1-3H3. The molecule has 0 amide bonds. The van der Waals surface area contributed by atoms with E-state index in [1.165, 1.54) is 74.1 Å². The second-order valence-corrected chi connectivity index (χ2v) is 12.3. The molecule has 0 unspecified atom stereocenters. The van der Waals surface area contributed by atoms with Crippen LogP contribution in [0.15, 0.2) is 78.9 Å². The van der Waals surface area contributed by atoms with Gasteiger partial charge in [0.15, 0.2) is 0 Å². The molecule has 0 aliphatic rings. The molecule has 0 saturated carbocycles. The Morgan fingerprint density at radius 1 is 0.400 bits per heavy atom. The number of hydrogen-bond acceptors (Lipinski definition) is 3. The lowest BCUT2D eigenvalue weighted by Gasteiger charge is -2.22. The largest absolute Gasteiger partial charge is 0.493 e. The Morgan fingerprint density at radius 3 is 1.29 bits per heavy atom. The minimum absolute atomic E-state index is 0.697. The van der Waals surface area contributed by atoms with Crippen molar-refractivity contribution in [3.8, 4) is 28.4 Å². The second-order valence-electron chi connectivity index (χ2n) is 12.3. The molecule has 0 spiro atoms. The third-order valence-electron chi connectivity index (χ3n) is 8.85. The summed E-state index contributed by atoms with van der Waals surface area (Å²) in [4.78, 5) is 0. The Balaban J connectivity index is 1.68. The van der Waals surface area contributed by atoms with Crippen LogP contribution >= 0.6 is 0 Å². The molecule has 0 bridgehead atoms. The van der Waals surface area contributed by atoms with Gasteiger partial charge in [-0.1, -0.05) is 151 Å². The lowest BCUT2D eigenvalue weighted by molar-refractivity contribution is 0.303. The van der Waals surface area contributed by atoms with Gasteiger partial charge in [0.2, 0.25) is 0 Å². The number of rotatable bonds is 19. The van der Waals surface area contributed by atoms with E-state index < -0.39 is 0 Å². The van der Waals surface area contributed by atoms with E-state index in [4.69, 9.17) is 14.2 Å². The molecule has 0 saturated heterocycles. The van der Waals surface area contributed by atoms with Crippen molar-refractivity contribution < 1.29 is 14.2 Å². The Kier molecular flexibility index (Phi) is 12.4. The van der Waals surface area contributed by atoms with Crippen LogP contribution in [0.3, 0.4) is 0 Å². The Morgan fingerprint density at radius 2 is 0.800 bits per heavy atom. The van der Waals surface area contributed by atoms with E-state index >= 15 is 0 Å². The van der Waals surface area contributed by atoms with Gasteiger partial charge in [-0.2, -0.15) is 0 Å². The minimum Gasteiger partial charge on any atom is -0.493 e. The van der Waals surface area contributed by atoms with Crippen molar-refractivity contribution in [3.05, 3.63) is 78.9 Å². The highest BCUT2D eigenvalue weighted by Gasteiger charge is 2.22. The summed E-state index contributed by atoms with van der Waals surface area (Å²) >= 11 is 0. The van der Waals surface area contributed by atoms with Crippen LogP contribution in [0.4, 0.5) is 0 Å². The van der Waals surface area contributed by atoms with E-state index in [1.54, 1.807) is 0 Å². The first-order valence-electron chi connectivity index (χ1n) is 17.7. The molecular formula is C42H52O3. The van der Waals surface area contributed by atoms with Crippen LogP contribution in [0.5, 0.6) is 17.2 Å². The summed E-state index contributed by atoms with van der Waals surface area (Å²) in [5.74, 6) is 2.86. The Bertz CT molecular complexity index is 1600. The number of ether oxygens (including phenoxy) is 3. The van der Waals surface area contributed by atoms with Crippen LogP contribution in [0, 0.1) is 0 Å². The van der Waals surface area contributed by atoms with E-state index in [2.05, 4.69) is 99.6 Å². The number of fused-ring (bicyclic) bond motifs is 3. The van der Waals surface area contributed by atoms with E-state index in [0.29, 0.717) is 13.2 Å². The highest BCUT2D eigenvalue weighted by atomic mass is 16.5. The average molecular weight is 605 g/mol. The maximum Gasteiger partial charge on any atom is 0.135 e. The molecule has 0 fully saturated rings. The molecule has 0 atom stereocenters. The van der Waals surface area contributed by atoms with Crippen LogP contribution in [0.25, 0.3) is 43.4 Å². The van der Waals surface area contributed by atoms with Gasteiger partial charge in [0, 0.05) is 32.7 Å². The summed E-state index contributed by atoms with van der Waals surface area (Å²) in [7, 11) is 0. The SMILES string of the molecule is CCCCCCOc1cc(-c2c3ccccc3c(OCCCCCC)c3ccccc23)c(OCCCCCC)c2ccccc12. The summed E-state index contributed by atoms with van der Waals surface area (Å²) < 4.78 is 20.0. The number of unbranched alkanes of at least 4 members (excludes halogenated alkanes) is 9. The molecule has 0 N–H and O–H groups in total. The topological polar surface area (TPSA) is 27.7 Å². The van der Waals surface area contributed by atoms with E-state index in [9.17, 15) is 0 Å². The Hall–Kier alpha value is -3.72. The molecule has 5 aromatic rings. The van der Waals surface area contributed by atoms with Gasteiger partial charge >= 0.3 is 0 Å². The third kappa shape index (κ3) is 7.93. The predicted octanol–water partition coefficient (Wildman–Crippen LogP) is 12.7. The van der Waals surface area contributed by atoms with Crippen LogP contribution in [-0.4, -0.2) is 19.8 Å². The minimum atomic E-state index is 0.697. The van der Waals surface area contributed by atoms with Gasteiger partial charge in [0.05, 0.1) is 19.8 Å². The van der Waals surface area contributed by atoms with Gasteiger partial charge in [-0.05, 0) is 36.1 Å². The average Bonchev–Trinajstić information content (AvgIpc) is 3.08. The first-order valence-corrected chi connectivity index (χ1v) is 17.7. The van der Waals surface area contributed by atoms with Crippen molar-refractivity contribution >= 4 is 32.3 Å². The zero-order chi connectivity index (χ0) is 31.3. The van der Waals surface area contributed by atoms with Crippen LogP contribution < -0.4 is 14.2 Å². The lowest BCUT2D eigenvalue weighted by atomic mass is 9.89. The van der Waals surface area contributed by atoms with Gasteiger partial charge in [-0.3, -0.25) is 0 Å². The summed E-state index contributed by atoms with van der Waals surface area (Å²) in [6.07, 6.45) is 14.1. The van der Waals surface area contributed by atoms with Crippen LogP contribution in [0.1, 0.15) is 97.8 Å². The molecule has 3 nitrogen and oxygen atoms in total. The monoisotopic (exact) mass is 604 g/mol. The molecule has 0 heterocycles. The quantitative estimate of drug-likeness (QED) is 0.0693. The van der Waals surface area contributed by atoms with Gasteiger partial charge in [-0.25, -0.2) is 0 Å². The van der Waals surface area contributed by atoms with Crippen LogP contribution in [-0.2, 0) is 0 Å². The van der Waals surface area contributed by atoms with Gasteiger partial charge in [0.1, 0.15) is 17.2 Å². The van der Waals surface area contributed by atoms with Crippen molar-refractivity contribution in [2.24, 2.45) is 0 Å². The van der Waals surface area contributed by atoms with Crippen molar-refractivity contribution in [1.82, 2.24) is 0 Å². The predicted molar refractivity (Wildman–Crippen MR) is 193 cm³/mol. The first kappa shape index (κ1) is 32.7. The highest BCUT2D eigenvalue weighted by Crippen LogP contribution is 2.49. The van der Waals surface area contributed by atoms with E-state index in [1.807, 2.05) is 0 Å². The first-order chi connectivity index (χ1) is 22.3. The maximum atomic E-state index is 6.81. The molecule has 0 radical (unpaired) electrons. The number of benzene rings is 5. The molecule has 5 aromatic carbocycles. The van der Waals surface area contributed by atoms with Crippen molar-refractivity contribution in [2.45, 2.75) is 97.8 Å². The van der Waals surface area contributed by atoms with Crippen molar-refractivity contribution in [2.75, 3.05) is 19.8 Å². The third-order valence-corrected chi connectivity index (χ3v) is 8.85. The van der Waals surface area contributed by atoms with Gasteiger partial charge in [0.25, 0.3) is 0 Å². The molecule has 0 aliphatic carbocycles. The lowest BCUT2D eigenvalue weighted by Crippen LogP contribution is -2.04. The Labute approximate surface area is 270 Å². The fraction of sp³-hybridized carbons (Fsp3) is 0.429. The molecular weight excluding hydrogens is 552 g/mol. The zero-order valence-corrected chi connectivity index (χ0v) is 27.8. The second kappa shape index (κ2) is 17.1. The molecule has 0 aliphatic heterocycles. The fourth-order valence-corrected chi connectivity index (χ4v) is 6.43. The van der Waals surface area contributed by atoms with Crippen molar-refractivity contribution in [3.63, 3.8) is 0 Å². The molecule has 238 valence electrons. The van der Waals surface area contributed by atoms with Crippen molar-refractivity contribution in [1.29, 1.82) is 0 Å². The molecule has 45 heavy (non-hydrogen) atoms. The van der Waals surface area contributed by atoms with E-state index in [0.717, 1.165) is 70.2 Å². The van der Waals surface area contributed by atoms with Gasteiger partial charge < -0.3 is 14.2 Å². The highest BCUT2D eigenvalue weighted by molar-refractivity contribution is 6.19. The van der Waals surface area contributed by atoms with Gasteiger partial charge in [-0.15, -0.1) is 0 Å².